The Morgan fingerprint density at radius 3 is 1.00 bits per heavy atom. The molecule has 0 N–H and O–H groups in total. The van der Waals surface area contributed by atoms with Crippen LogP contribution in [-0.2, 0) is 7.05 Å². The first-order valence-corrected chi connectivity index (χ1v) is 13.1. The summed E-state index contributed by atoms with van der Waals surface area (Å²) < 4.78 is 2.40. The van der Waals surface area contributed by atoms with Gasteiger partial charge in [-0.1, -0.05) is 121 Å². The third kappa shape index (κ3) is 3.72. The van der Waals surface area contributed by atoms with E-state index in [1.54, 1.807) is 0 Å². The summed E-state index contributed by atoms with van der Waals surface area (Å²) in [6.45, 7) is 0. The first-order chi connectivity index (χ1) is 18.8. The number of hydrogen-bond donors (Lipinski definition) is 0. The Kier molecular flexibility index (Phi) is 5.41. The van der Waals surface area contributed by atoms with Crippen molar-refractivity contribution in [3.05, 3.63) is 146 Å². The molecule has 0 fully saturated rings. The molecule has 6 aromatic carbocycles. The van der Waals surface area contributed by atoms with Gasteiger partial charge in [0.05, 0.1) is 11.0 Å². The van der Waals surface area contributed by atoms with Crippen molar-refractivity contribution in [1.29, 1.82) is 0 Å². The van der Waals surface area contributed by atoms with E-state index in [0.29, 0.717) is 0 Å². The lowest BCUT2D eigenvalue weighted by atomic mass is 9.93. The molecule has 0 atom stereocenters. The SMILES string of the molecule is Cn1c2c(-c3ccccc3)cc(-c3ccccc3)cc2c2cc(-c3ccccc3)cc(-c3ccccc3)c21. The zero-order chi connectivity index (χ0) is 25.5. The summed E-state index contributed by atoms with van der Waals surface area (Å²) in [5.41, 5.74) is 12.4. The molecule has 1 aromatic heterocycles. The van der Waals surface area contributed by atoms with Crippen LogP contribution < -0.4 is 0 Å². The van der Waals surface area contributed by atoms with Gasteiger partial charge in [0.1, 0.15) is 0 Å². The Morgan fingerprint density at radius 1 is 0.342 bits per heavy atom. The number of aromatic nitrogens is 1. The Balaban J connectivity index is 1.65. The predicted octanol–water partition coefficient (Wildman–Crippen LogP) is 10.00. The highest BCUT2D eigenvalue weighted by atomic mass is 14.9. The van der Waals surface area contributed by atoms with Gasteiger partial charge in [-0.2, -0.15) is 0 Å². The van der Waals surface area contributed by atoms with Crippen LogP contribution in [0.4, 0.5) is 0 Å². The predicted molar refractivity (Wildman–Crippen MR) is 162 cm³/mol. The number of nitrogens with zero attached hydrogens (tertiary/aromatic N) is 1. The highest BCUT2D eigenvalue weighted by Gasteiger charge is 2.19. The molecule has 0 amide bonds. The molecular formula is C37H27N. The van der Waals surface area contributed by atoms with Crippen LogP contribution >= 0.6 is 0 Å². The Labute approximate surface area is 223 Å². The first-order valence-electron chi connectivity index (χ1n) is 13.1. The lowest BCUT2D eigenvalue weighted by Crippen LogP contribution is -1.93. The summed E-state index contributed by atoms with van der Waals surface area (Å²) in [5.74, 6) is 0. The van der Waals surface area contributed by atoms with E-state index in [1.807, 2.05) is 0 Å². The van der Waals surface area contributed by atoms with Crippen LogP contribution in [0, 0.1) is 0 Å². The summed E-state index contributed by atoms with van der Waals surface area (Å²) in [6.07, 6.45) is 0. The Morgan fingerprint density at radius 2 is 0.658 bits per heavy atom. The number of hydrogen-bond acceptors (Lipinski definition) is 0. The molecule has 1 heterocycles. The van der Waals surface area contributed by atoms with Gasteiger partial charge in [0.25, 0.3) is 0 Å². The van der Waals surface area contributed by atoms with Crippen molar-refractivity contribution in [2.75, 3.05) is 0 Å². The average Bonchev–Trinajstić information content (AvgIpc) is 3.29. The van der Waals surface area contributed by atoms with Crippen molar-refractivity contribution in [3.8, 4) is 44.5 Å². The van der Waals surface area contributed by atoms with E-state index in [9.17, 15) is 0 Å². The van der Waals surface area contributed by atoms with E-state index < -0.39 is 0 Å². The van der Waals surface area contributed by atoms with Gasteiger partial charge in [-0.15, -0.1) is 0 Å². The van der Waals surface area contributed by atoms with E-state index in [4.69, 9.17) is 0 Å². The average molecular weight is 486 g/mol. The van der Waals surface area contributed by atoms with Crippen LogP contribution in [0.15, 0.2) is 146 Å². The lowest BCUT2D eigenvalue weighted by Gasteiger charge is -2.12. The van der Waals surface area contributed by atoms with E-state index in [1.165, 1.54) is 66.3 Å². The standard InChI is InChI=1S/C37H27N/c1-38-36-32(28-18-10-4-11-19-28)22-30(26-14-6-2-7-15-26)24-34(36)35-25-31(27-16-8-3-9-17-27)23-33(37(35)38)29-20-12-5-13-21-29/h2-25H,1H3. The minimum Gasteiger partial charge on any atom is -0.343 e. The van der Waals surface area contributed by atoms with Gasteiger partial charge in [-0.3, -0.25) is 0 Å². The molecule has 180 valence electrons. The van der Waals surface area contributed by atoms with Gasteiger partial charge in [0.15, 0.2) is 0 Å². The van der Waals surface area contributed by atoms with Gasteiger partial charge in [-0.05, 0) is 57.6 Å². The highest BCUT2D eigenvalue weighted by molar-refractivity contribution is 6.18. The molecule has 0 saturated carbocycles. The quantitative estimate of drug-likeness (QED) is 0.234. The minimum absolute atomic E-state index is 1.23. The fourth-order valence-corrected chi connectivity index (χ4v) is 5.78. The second kappa shape index (κ2) is 9.21. The second-order valence-corrected chi connectivity index (χ2v) is 9.86. The zero-order valence-electron chi connectivity index (χ0n) is 21.3. The van der Waals surface area contributed by atoms with Crippen LogP contribution in [0.5, 0.6) is 0 Å². The molecule has 7 rings (SSSR count). The first kappa shape index (κ1) is 22.3. The molecule has 0 spiro atoms. The van der Waals surface area contributed by atoms with Crippen molar-refractivity contribution in [2.45, 2.75) is 0 Å². The summed E-state index contributed by atoms with van der Waals surface area (Å²) in [7, 11) is 2.22. The normalized spacial score (nSPS) is 11.3. The molecule has 0 radical (unpaired) electrons. The fourth-order valence-electron chi connectivity index (χ4n) is 5.78. The van der Waals surface area contributed by atoms with Crippen molar-refractivity contribution < 1.29 is 0 Å². The third-order valence-electron chi connectivity index (χ3n) is 7.56. The maximum atomic E-state index is 2.40. The molecular weight excluding hydrogens is 458 g/mol. The van der Waals surface area contributed by atoms with Crippen molar-refractivity contribution in [1.82, 2.24) is 4.57 Å². The van der Waals surface area contributed by atoms with E-state index in [2.05, 4.69) is 157 Å². The molecule has 0 bridgehead atoms. The largest absolute Gasteiger partial charge is 0.343 e. The molecule has 1 nitrogen and oxygen atoms in total. The van der Waals surface area contributed by atoms with Crippen LogP contribution in [0.25, 0.3) is 66.3 Å². The molecule has 1 heteroatoms. The van der Waals surface area contributed by atoms with E-state index >= 15 is 0 Å². The number of fused-ring (bicyclic) bond motifs is 3. The van der Waals surface area contributed by atoms with Crippen molar-refractivity contribution in [3.63, 3.8) is 0 Å². The van der Waals surface area contributed by atoms with Crippen molar-refractivity contribution in [2.24, 2.45) is 7.05 Å². The molecule has 7 aromatic rings. The van der Waals surface area contributed by atoms with Gasteiger partial charge >= 0.3 is 0 Å². The van der Waals surface area contributed by atoms with Crippen LogP contribution in [-0.4, -0.2) is 4.57 Å². The summed E-state index contributed by atoms with van der Waals surface area (Å²) in [5, 5.41) is 2.55. The summed E-state index contributed by atoms with van der Waals surface area (Å²) in [4.78, 5) is 0. The molecule has 0 aliphatic carbocycles. The Hall–Kier alpha value is -4.88. The van der Waals surface area contributed by atoms with Crippen LogP contribution in [0.3, 0.4) is 0 Å². The summed E-state index contributed by atoms with van der Waals surface area (Å²) in [6, 6.07) is 52.4. The topological polar surface area (TPSA) is 4.93 Å². The molecule has 38 heavy (non-hydrogen) atoms. The second-order valence-electron chi connectivity index (χ2n) is 9.86. The van der Waals surface area contributed by atoms with Gasteiger partial charge in [0, 0.05) is 28.9 Å². The van der Waals surface area contributed by atoms with Crippen LogP contribution in [0.2, 0.25) is 0 Å². The molecule has 0 unspecified atom stereocenters. The van der Waals surface area contributed by atoms with Crippen LogP contribution in [0.1, 0.15) is 0 Å². The third-order valence-corrected chi connectivity index (χ3v) is 7.56. The smallest absolute Gasteiger partial charge is 0.0568 e. The molecule has 0 saturated heterocycles. The fraction of sp³-hybridized carbons (Fsp3) is 0.0270. The zero-order valence-corrected chi connectivity index (χ0v) is 21.3. The Bertz CT molecular complexity index is 1740. The van der Waals surface area contributed by atoms with Gasteiger partial charge in [0.2, 0.25) is 0 Å². The van der Waals surface area contributed by atoms with E-state index in [0.717, 1.165) is 0 Å². The summed E-state index contributed by atoms with van der Waals surface area (Å²) >= 11 is 0. The monoisotopic (exact) mass is 485 g/mol. The minimum atomic E-state index is 1.23. The highest BCUT2D eigenvalue weighted by Crippen LogP contribution is 2.43. The number of rotatable bonds is 4. The number of benzene rings is 6. The van der Waals surface area contributed by atoms with Gasteiger partial charge < -0.3 is 4.57 Å². The van der Waals surface area contributed by atoms with E-state index in [-0.39, 0.29) is 0 Å². The molecule has 0 aliphatic heterocycles. The number of aryl methyl sites for hydroxylation is 1. The maximum Gasteiger partial charge on any atom is 0.0568 e. The lowest BCUT2D eigenvalue weighted by molar-refractivity contribution is 1.02. The maximum absolute atomic E-state index is 2.40. The van der Waals surface area contributed by atoms with Crippen molar-refractivity contribution >= 4 is 21.8 Å². The molecule has 0 aliphatic rings. The van der Waals surface area contributed by atoms with Gasteiger partial charge in [-0.25, -0.2) is 0 Å².